The van der Waals surface area contributed by atoms with Crippen molar-refractivity contribution in [2.45, 2.75) is 78.4 Å². The fourth-order valence-corrected chi connectivity index (χ4v) is 1.61. The van der Waals surface area contributed by atoms with E-state index in [4.69, 9.17) is 4.74 Å². The van der Waals surface area contributed by atoms with Gasteiger partial charge in [0.2, 0.25) is 5.91 Å². The average Bonchev–Trinajstić information content (AvgIpc) is 2.12. The smallest absolute Gasteiger partial charge is 0.220 e. The number of ether oxygens (including phenoxy) is 1. The first kappa shape index (κ1) is 18.1. The summed E-state index contributed by atoms with van der Waals surface area (Å²) in [6, 6.07) is 0. The van der Waals surface area contributed by atoms with Gasteiger partial charge in [0.05, 0.1) is 5.60 Å². The lowest BCUT2D eigenvalue weighted by Crippen LogP contribution is -2.44. The fraction of sp³-hybridized carbons (Fsp3) is 0.867. The molecule has 0 heterocycles. The highest BCUT2D eigenvalue weighted by atomic mass is 16.5. The van der Waals surface area contributed by atoms with Gasteiger partial charge in [0.1, 0.15) is 5.78 Å². The molecule has 0 radical (unpaired) electrons. The van der Waals surface area contributed by atoms with Gasteiger partial charge in [-0.3, -0.25) is 4.79 Å². The Hall–Kier alpha value is -0.900. The van der Waals surface area contributed by atoms with Gasteiger partial charge in [0.25, 0.3) is 0 Å². The van der Waals surface area contributed by atoms with Crippen molar-refractivity contribution in [3.05, 3.63) is 0 Å². The van der Waals surface area contributed by atoms with Gasteiger partial charge in [-0.05, 0) is 54.4 Å². The van der Waals surface area contributed by atoms with Crippen LogP contribution in [0.15, 0.2) is 0 Å². The normalized spacial score (nSPS) is 12.3. The van der Waals surface area contributed by atoms with Gasteiger partial charge in [0.15, 0.2) is 0 Å². The molecule has 1 amide bonds. The zero-order chi connectivity index (χ0) is 15.1. The molecule has 0 atom stereocenters. The molecule has 0 aromatic rings. The topological polar surface area (TPSA) is 55.4 Å². The number of Topliss-reactive ketones (excluding diaryl/α,β-unsaturated/α-hetero) is 1. The summed E-state index contributed by atoms with van der Waals surface area (Å²) < 4.78 is 5.66. The molecule has 4 heteroatoms. The first-order valence-corrected chi connectivity index (χ1v) is 6.96. The molecule has 0 spiro atoms. The molecule has 0 rings (SSSR count). The number of hydrogen-bond acceptors (Lipinski definition) is 3. The Labute approximate surface area is 117 Å². The molecule has 0 unspecified atom stereocenters. The van der Waals surface area contributed by atoms with Gasteiger partial charge in [-0.15, -0.1) is 0 Å². The SMILES string of the molecule is CC(=O)CCCC(=O)NC(C)(C)CCOC(C)(C)C. The van der Waals surface area contributed by atoms with Gasteiger partial charge in [-0.1, -0.05) is 0 Å². The molecule has 4 nitrogen and oxygen atoms in total. The van der Waals surface area contributed by atoms with E-state index in [0.717, 1.165) is 6.42 Å². The Morgan fingerprint density at radius 1 is 1.05 bits per heavy atom. The lowest BCUT2D eigenvalue weighted by atomic mass is 10.0. The van der Waals surface area contributed by atoms with E-state index in [2.05, 4.69) is 5.32 Å². The molecule has 0 aliphatic carbocycles. The monoisotopic (exact) mass is 271 g/mol. The Kier molecular flexibility index (Phi) is 7.27. The first-order valence-electron chi connectivity index (χ1n) is 6.96. The van der Waals surface area contributed by atoms with E-state index in [9.17, 15) is 9.59 Å². The molecular weight excluding hydrogens is 242 g/mol. The third kappa shape index (κ3) is 11.9. The minimum Gasteiger partial charge on any atom is -0.376 e. The number of ketones is 1. The predicted octanol–water partition coefficient (Wildman–Crippen LogP) is 2.85. The van der Waals surface area contributed by atoms with Crippen molar-refractivity contribution in [3.63, 3.8) is 0 Å². The van der Waals surface area contributed by atoms with Crippen LogP contribution >= 0.6 is 0 Å². The van der Waals surface area contributed by atoms with E-state index in [1.165, 1.54) is 0 Å². The largest absolute Gasteiger partial charge is 0.376 e. The molecule has 112 valence electrons. The van der Waals surface area contributed by atoms with Crippen LogP contribution in [-0.2, 0) is 14.3 Å². The van der Waals surface area contributed by atoms with Gasteiger partial charge < -0.3 is 14.8 Å². The van der Waals surface area contributed by atoms with E-state index in [-0.39, 0.29) is 22.8 Å². The highest BCUT2D eigenvalue weighted by molar-refractivity contribution is 5.79. The van der Waals surface area contributed by atoms with Gasteiger partial charge in [-0.2, -0.15) is 0 Å². The summed E-state index contributed by atoms with van der Waals surface area (Å²) in [4.78, 5) is 22.5. The van der Waals surface area contributed by atoms with E-state index < -0.39 is 0 Å². The van der Waals surface area contributed by atoms with Crippen LogP contribution in [0.1, 0.15) is 67.2 Å². The van der Waals surface area contributed by atoms with E-state index in [1.54, 1.807) is 6.92 Å². The molecule has 19 heavy (non-hydrogen) atoms. The van der Waals surface area contributed by atoms with Crippen LogP contribution in [0.25, 0.3) is 0 Å². The predicted molar refractivity (Wildman–Crippen MR) is 77.1 cm³/mol. The highest BCUT2D eigenvalue weighted by Crippen LogP contribution is 2.13. The molecule has 0 saturated heterocycles. The van der Waals surface area contributed by atoms with Crippen LogP contribution in [0.5, 0.6) is 0 Å². The summed E-state index contributed by atoms with van der Waals surface area (Å²) >= 11 is 0. The quantitative estimate of drug-likeness (QED) is 0.738. The maximum absolute atomic E-state index is 11.7. The summed E-state index contributed by atoms with van der Waals surface area (Å²) in [5.74, 6) is 0.132. The molecule has 0 aliphatic heterocycles. The van der Waals surface area contributed by atoms with Crippen LogP contribution in [0, 0.1) is 0 Å². The minimum atomic E-state index is -0.279. The fourth-order valence-electron chi connectivity index (χ4n) is 1.61. The first-order chi connectivity index (χ1) is 8.52. The third-order valence-corrected chi connectivity index (χ3v) is 2.67. The molecule has 0 aromatic carbocycles. The molecule has 0 aliphatic rings. The van der Waals surface area contributed by atoms with Crippen LogP contribution < -0.4 is 5.32 Å². The van der Waals surface area contributed by atoms with Crippen molar-refractivity contribution < 1.29 is 14.3 Å². The van der Waals surface area contributed by atoms with Crippen molar-refractivity contribution in [2.24, 2.45) is 0 Å². The van der Waals surface area contributed by atoms with Crippen LogP contribution in [0.4, 0.5) is 0 Å². The second-order valence-electron chi connectivity index (χ2n) is 6.70. The summed E-state index contributed by atoms with van der Waals surface area (Å²) in [7, 11) is 0. The van der Waals surface area contributed by atoms with Crippen molar-refractivity contribution in [1.82, 2.24) is 5.32 Å². The standard InChI is InChI=1S/C15H29NO3/c1-12(17)8-7-9-13(18)16-15(5,6)10-11-19-14(2,3)4/h7-11H2,1-6H3,(H,16,18). The summed E-state index contributed by atoms with van der Waals surface area (Å²) in [6.07, 6.45) is 2.27. The Bertz CT molecular complexity index is 303. The molecule has 0 fully saturated rings. The lowest BCUT2D eigenvalue weighted by molar-refractivity contribution is -0.123. The van der Waals surface area contributed by atoms with Crippen molar-refractivity contribution in [1.29, 1.82) is 0 Å². The second kappa shape index (κ2) is 7.63. The van der Waals surface area contributed by atoms with Crippen molar-refractivity contribution in [3.8, 4) is 0 Å². The average molecular weight is 271 g/mol. The molecular formula is C15H29NO3. The Morgan fingerprint density at radius 2 is 1.63 bits per heavy atom. The molecule has 0 aromatic heterocycles. The summed E-state index contributed by atoms with van der Waals surface area (Å²) in [6.45, 7) is 12.2. The Balaban J connectivity index is 3.93. The summed E-state index contributed by atoms with van der Waals surface area (Å²) in [5, 5.41) is 2.99. The number of hydrogen-bond donors (Lipinski definition) is 1. The van der Waals surface area contributed by atoms with Crippen LogP contribution in [0.3, 0.4) is 0 Å². The van der Waals surface area contributed by atoms with E-state index in [0.29, 0.717) is 25.9 Å². The number of rotatable bonds is 8. The van der Waals surface area contributed by atoms with Crippen LogP contribution in [0.2, 0.25) is 0 Å². The van der Waals surface area contributed by atoms with Gasteiger partial charge in [-0.25, -0.2) is 0 Å². The molecule has 0 bridgehead atoms. The van der Waals surface area contributed by atoms with Crippen molar-refractivity contribution >= 4 is 11.7 Å². The minimum absolute atomic E-state index is 0.00186. The van der Waals surface area contributed by atoms with Gasteiger partial charge >= 0.3 is 0 Å². The van der Waals surface area contributed by atoms with Gasteiger partial charge in [0, 0.05) is 25.0 Å². The maximum atomic E-state index is 11.7. The third-order valence-electron chi connectivity index (χ3n) is 2.67. The van der Waals surface area contributed by atoms with E-state index in [1.807, 2.05) is 34.6 Å². The zero-order valence-corrected chi connectivity index (χ0v) is 13.3. The number of nitrogens with one attached hydrogen (secondary N) is 1. The summed E-state index contributed by atoms with van der Waals surface area (Å²) in [5.41, 5.74) is -0.430. The lowest BCUT2D eigenvalue weighted by Gasteiger charge is -2.28. The van der Waals surface area contributed by atoms with E-state index >= 15 is 0 Å². The number of amides is 1. The number of carbonyl (C=O) groups excluding carboxylic acids is 2. The second-order valence-corrected chi connectivity index (χ2v) is 6.70. The van der Waals surface area contributed by atoms with Crippen molar-refractivity contribution in [2.75, 3.05) is 6.61 Å². The maximum Gasteiger partial charge on any atom is 0.220 e. The highest BCUT2D eigenvalue weighted by Gasteiger charge is 2.21. The Morgan fingerprint density at radius 3 is 2.11 bits per heavy atom. The number of carbonyl (C=O) groups is 2. The zero-order valence-electron chi connectivity index (χ0n) is 13.3. The van der Waals surface area contributed by atoms with Crippen LogP contribution in [-0.4, -0.2) is 29.4 Å². The molecule has 1 N–H and O–H groups in total. The molecule has 0 saturated carbocycles.